The van der Waals surface area contributed by atoms with E-state index in [-0.39, 0.29) is 17.8 Å². The SMILES string of the molecule is CCc1ccc([C@@H](O)COc2ccc(CC3(C)SC(=O)NC3=O)cc2)nc1. The summed E-state index contributed by atoms with van der Waals surface area (Å²) in [5.74, 6) is 0.357. The molecule has 2 N–H and O–H groups in total. The summed E-state index contributed by atoms with van der Waals surface area (Å²) in [5.41, 5.74) is 2.62. The fourth-order valence-corrected chi connectivity index (χ4v) is 3.75. The maximum Gasteiger partial charge on any atom is 0.286 e. The number of ether oxygens (including phenoxy) is 1. The van der Waals surface area contributed by atoms with Crippen molar-refractivity contribution in [1.29, 1.82) is 0 Å². The van der Waals surface area contributed by atoms with Crippen LogP contribution in [-0.2, 0) is 17.6 Å². The van der Waals surface area contributed by atoms with Gasteiger partial charge in [-0.1, -0.05) is 25.1 Å². The molecule has 0 aliphatic carbocycles. The number of aryl methyl sites for hydroxylation is 1. The predicted octanol–water partition coefficient (Wildman–Crippen LogP) is 3.04. The van der Waals surface area contributed by atoms with E-state index >= 15 is 0 Å². The molecule has 0 saturated carbocycles. The van der Waals surface area contributed by atoms with Gasteiger partial charge in [-0.05, 0) is 60.9 Å². The fourth-order valence-electron chi connectivity index (χ4n) is 2.81. The molecule has 1 fully saturated rings. The number of aliphatic hydroxyl groups excluding tert-OH is 1. The van der Waals surface area contributed by atoms with Crippen LogP contribution >= 0.6 is 11.8 Å². The van der Waals surface area contributed by atoms with Crippen LogP contribution in [0.3, 0.4) is 0 Å². The Morgan fingerprint density at radius 3 is 2.44 bits per heavy atom. The van der Waals surface area contributed by atoms with Crippen LogP contribution in [0, 0.1) is 0 Å². The lowest BCUT2D eigenvalue weighted by Crippen LogP contribution is -2.35. The van der Waals surface area contributed by atoms with Gasteiger partial charge >= 0.3 is 0 Å². The van der Waals surface area contributed by atoms with Gasteiger partial charge in [0.05, 0.1) is 5.69 Å². The number of carbonyl (C=O) groups is 2. The molecule has 1 aromatic carbocycles. The van der Waals surface area contributed by atoms with Crippen molar-refractivity contribution in [3.05, 3.63) is 59.4 Å². The highest BCUT2D eigenvalue weighted by atomic mass is 32.2. The first kappa shape index (κ1) is 19.4. The van der Waals surface area contributed by atoms with E-state index in [1.54, 1.807) is 25.3 Å². The van der Waals surface area contributed by atoms with Crippen LogP contribution in [0.15, 0.2) is 42.6 Å². The van der Waals surface area contributed by atoms with Crippen LogP contribution in [0.4, 0.5) is 4.79 Å². The summed E-state index contributed by atoms with van der Waals surface area (Å²) < 4.78 is 4.85. The van der Waals surface area contributed by atoms with Gasteiger partial charge in [0, 0.05) is 6.20 Å². The van der Waals surface area contributed by atoms with E-state index in [4.69, 9.17) is 4.74 Å². The summed E-state index contributed by atoms with van der Waals surface area (Å²) in [5, 5.41) is 12.2. The molecule has 1 aliphatic rings. The Morgan fingerprint density at radius 2 is 1.89 bits per heavy atom. The van der Waals surface area contributed by atoms with E-state index in [2.05, 4.69) is 17.2 Å². The number of hydrogen-bond acceptors (Lipinski definition) is 6. The normalized spacial score (nSPS) is 20.4. The second-order valence-electron chi connectivity index (χ2n) is 6.67. The lowest BCUT2D eigenvalue weighted by atomic mass is 9.99. The summed E-state index contributed by atoms with van der Waals surface area (Å²) in [6, 6.07) is 11.1. The van der Waals surface area contributed by atoms with Gasteiger partial charge in [0.2, 0.25) is 5.91 Å². The van der Waals surface area contributed by atoms with Crippen molar-refractivity contribution in [3.63, 3.8) is 0 Å². The molecule has 7 heteroatoms. The predicted molar refractivity (Wildman–Crippen MR) is 104 cm³/mol. The van der Waals surface area contributed by atoms with Gasteiger partial charge in [-0.2, -0.15) is 0 Å². The number of rotatable bonds is 7. The highest BCUT2D eigenvalue weighted by molar-refractivity contribution is 8.16. The molecule has 6 nitrogen and oxygen atoms in total. The summed E-state index contributed by atoms with van der Waals surface area (Å²) in [6.07, 6.45) is 2.31. The second-order valence-corrected chi connectivity index (χ2v) is 8.14. The number of nitrogens with zero attached hydrogens (tertiary/aromatic N) is 1. The molecule has 0 bridgehead atoms. The Balaban J connectivity index is 1.56. The second kappa shape index (κ2) is 8.10. The van der Waals surface area contributed by atoms with E-state index in [1.807, 2.05) is 24.3 Å². The molecule has 3 rings (SSSR count). The van der Waals surface area contributed by atoms with Crippen molar-refractivity contribution >= 4 is 22.9 Å². The minimum absolute atomic E-state index is 0.0995. The first-order chi connectivity index (χ1) is 12.9. The minimum Gasteiger partial charge on any atom is -0.490 e. The Morgan fingerprint density at radius 1 is 1.19 bits per heavy atom. The zero-order chi connectivity index (χ0) is 19.4. The van der Waals surface area contributed by atoms with E-state index in [9.17, 15) is 14.7 Å². The van der Waals surface area contributed by atoms with Crippen molar-refractivity contribution in [3.8, 4) is 5.75 Å². The third-order valence-corrected chi connectivity index (χ3v) is 5.55. The Bertz CT molecular complexity index is 823. The number of aliphatic hydroxyl groups is 1. The number of benzene rings is 1. The molecule has 0 spiro atoms. The molecule has 1 aliphatic heterocycles. The lowest BCUT2D eigenvalue weighted by molar-refractivity contribution is -0.121. The number of thioether (sulfide) groups is 1. The van der Waals surface area contributed by atoms with E-state index in [0.29, 0.717) is 17.9 Å². The number of imide groups is 1. The maximum absolute atomic E-state index is 11.9. The molecule has 2 amide bonds. The molecule has 27 heavy (non-hydrogen) atoms. The molecular weight excluding hydrogens is 364 g/mol. The molecule has 1 aromatic heterocycles. The van der Waals surface area contributed by atoms with Crippen molar-refractivity contribution in [2.24, 2.45) is 0 Å². The average Bonchev–Trinajstić information content (AvgIpc) is 2.92. The number of amides is 2. The van der Waals surface area contributed by atoms with Crippen LogP contribution in [0.1, 0.15) is 36.8 Å². The number of carbonyl (C=O) groups excluding carboxylic acids is 2. The van der Waals surface area contributed by atoms with Gasteiger partial charge in [0.1, 0.15) is 23.2 Å². The maximum atomic E-state index is 11.9. The highest BCUT2D eigenvalue weighted by Gasteiger charge is 2.43. The van der Waals surface area contributed by atoms with E-state index in [1.165, 1.54) is 0 Å². The minimum atomic E-state index is -0.806. The van der Waals surface area contributed by atoms with E-state index < -0.39 is 10.9 Å². The standard InChI is InChI=1S/C20H22N2O4S/c1-3-13-6-9-16(21-11-13)17(23)12-26-15-7-4-14(5-8-15)10-20(2)18(24)22-19(25)27-20/h4-9,11,17,23H,3,10,12H2,1-2H3,(H,22,24,25)/t17-,20?/m0/s1. The van der Waals surface area contributed by atoms with Crippen molar-refractivity contribution in [1.82, 2.24) is 10.3 Å². The third-order valence-electron chi connectivity index (χ3n) is 4.48. The first-order valence-electron chi connectivity index (χ1n) is 8.78. The molecule has 0 radical (unpaired) electrons. The first-order valence-corrected chi connectivity index (χ1v) is 9.60. The van der Waals surface area contributed by atoms with Crippen molar-refractivity contribution in [2.45, 2.75) is 37.5 Å². The van der Waals surface area contributed by atoms with Gasteiger partial charge in [0.15, 0.2) is 0 Å². The summed E-state index contributed by atoms with van der Waals surface area (Å²) >= 11 is 1.02. The largest absolute Gasteiger partial charge is 0.490 e. The van der Waals surface area contributed by atoms with Crippen LogP contribution in [0.25, 0.3) is 0 Å². The van der Waals surface area contributed by atoms with Crippen LogP contribution in [-0.4, -0.2) is 32.6 Å². The molecule has 2 heterocycles. The monoisotopic (exact) mass is 386 g/mol. The number of hydrogen-bond donors (Lipinski definition) is 2. The molecule has 1 unspecified atom stereocenters. The molecular formula is C20H22N2O4S. The Kier molecular flexibility index (Phi) is 5.82. The molecule has 1 saturated heterocycles. The van der Waals surface area contributed by atoms with Crippen molar-refractivity contribution < 1.29 is 19.4 Å². The van der Waals surface area contributed by atoms with Crippen LogP contribution in [0.5, 0.6) is 5.75 Å². The highest BCUT2D eigenvalue weighted by Crippen LogP contribution is 2.34. The fraction of sp³-hybridized carbons (Fsp3) is 0.350. The Labute approximate surface area is 162 Å². The zero-order valence-corrected chi connectivity index (χ0v) is 16.1. The summed E-state index contributed by atoms with van der Waals surface area (Å²) in [6.45, 7) is 3.91. The zero-order valence-electron chi connectivity index (χ0n) is 15.3. The molecule has 2 atom stereocenters. The number of nitrogens with one attached hydrogen (secondary N) is 1. The van der Waals surface area contributed by atoms with Gasteiger partial charge in [-0.3, -0.25) is 19.9 Å². The topological polar surface area (TPSA) is 88.5 Å². The lowest BCUT2D eigenvalue weighted by Gasteiger charge is -2.18. The van der Waals surface area contributed by atoms with E-state index in [0.717, 1.165) is 29.3 Å². The van der Waals surface area contributed by atoms with Gasteiger partial charge < -0.3 is 9.84 Å². The van der Waals surface area contributed by atoms with Crippen LogP contribution in [0.2, 0.25) is 0 Å². The number of aromatic nitrogens is 1. The Hall–Kier alpha value is -2.38. The van der Waals surface area contributed by atoms with Gasteiger partial charge in [-0.15, -0.1) is 0 Å². The average molecular weight is 386 g/mol. The summed E-state index contributed by atoms with van der Waals surface area (Å²) in [4.78, 5) is 27.6. The van der Waals surface area contributed by atoms with Crippen molar-refractivity contribution in [2.75, 3.05) is 6.61 Å². The summed E-state index contributed by atoms with van der Waals surface area (Å²) in [7, 11) is 0. The third kappa shape index (κ3) is 4.67. The number of pyridine rings is 1. The quantitative estimate of drug-likeness (QED) is 0.760. The smallest absolute Gasteiger partial charge is 0.286 e. The molecule has 142 valence electrons. The van der Waals surface area contributed by atoms with Crippen LogP contribution < -0.4 is 10.1 Å². The van der Waals surface area contributed by atoms with Gasteiger partial charge in [-0.25, -0.2) is 0 Å². The molecule has 2 aromatic rings. The van der Waals surface area contributed by atoms with Gasteiger partial charge in [0.25, 0.3) is 5.24 Å².